The SMILES string of the molecule is C[C@@]12CO[C@H]([C@H]3CC(c4ccccc4)=NO3)[C@@H]1C2. The Hall–Kier alpha value is -1.35. The lowest BCUT2D eigenvalue weighted by Crippen LogP contribution is -2.28. The van der Waals surface area contributed by atoms with E-state index in [9.17, 15) is 0 Å². The first-order valence-corrected chi connectivity index (χ1v) is 6.66. The first kappa shape index (κ1) is 10.6. The van der Waals surface area contributed by atoms with Crippen molar-refractivity contribution in [2.75, 3.05) is 6.61 Å². The molecule has 1 aromatic carbocycles. The largest absolute Gasteiger partial charge is 0.389 e. The lowest BCUT2D eigenvalue weighted by Gasteiger charge is -2.17. The molecule has 3 nitrogen and oxygen atoms in total. The van der Waals surface area contributed by atoms with Crippen molar-refractivity contribution in [1.29, 1.82) is 0 Å². The van der Waals surface area contributed by atoms with Crippen LogP contribution in [-0.4, -0.2) is 24.5 Å². The number of oxime groups is 1. The smallest absolute Gasteiger partial charge is 0.159 e. The number of fused-ring (bicyclic) bond motifs is 1. The van der Waals surface area contributed by atoms with Crippen molar-refractivity contribution in [3.8, 4) is 0 Å². The highest BCUT2D eigenvalue weighted by Gasteiger charge is 2.62. The molecule has 2 aliphatic heterocycles. The third-order valence-corrected chi connectivity index (χ3v) is 4.59. The predicted octanol–water partition coefficient (Wildman–Crippen LogP) is 2.60. The molecule has 1 saturated heterocycles. The van der Waals surface area contributed by atoms with Gasteiger partial charge >= 0.3 is 0 Å². The fourth-order valence-electron chi connectivity index (χ4n) is 3.26. The van der Waals surface area contributed by atoms with Gasteiger partial charge in [-0.15, -0.1) is 0 Å². The third-order valence-electron chi connectivity index (χ3n) is 4.59. The Bertz CT molecular complexity index is 498. The Kier molecular flexibility index (Phi) is 2.10. The van der Waals surface area contributed by atoms with Gasteiger partial charge in [0, 0.05) is 6.42 Å². The second-order valence-electron chi connectivity index (χ2n) is 5.99. The summed E-state index contributed by atoms with van der Waals surface area (Å²) in [4.78, 5) is 5.61. The summed E-state index contributed by atoms with van der Waals surface area (Å²) < 4.78 is 5.89. The molecule has 94 valence electrons. The fraction of sp³-hybridized carbons (Fsp3) is 0.533. The summed E-state index contributed by atoms with van der Waals surface area (Å²) in [5.74, 6) is 0.688. The molecular weight excluding hydrogens is 226 g/mol. The molecule has 1 saturated carbocycles. The van der Waals surface area contributed by atoms with Crippen molar-refractivity contribution < 1.29 is 9.57 Å². The van der Waals surface area contributed by atoms with Gasteiger partial charge in [-0.25, -0.2) is 0 Å². The standard InChI is InChI=1S/C15H17NO2/c1-15-8-11(15)14(17-9-15)13-7-12(16-18-13)10-5-3-2-4-6-10/h2-6,11,13-14H,7-9H2,1H3/t11-,13+,14-,15+/m0/s1. The molecule has 4 atom stereocenters. The Morgan fingerprint density at radius 1 is 1.28 bits per heavy atom. The van der Waals surface area contributed by atoms with Crippen molar-refractivity contribution in [1.82, 2.24) is 0 Å². The molecule has 0 unspecified atom stereocenters. The van der Waals surface area contributed by atoms with Gasteiger partial charge in [0.1, 0.15) is 6.10 Å². The average molecular weight is 243 g/mol. The van der Waals surface area contributed by atoms with Crippen LogP contribution in [0, 0.1) is 11.3 Å². The number of rotatable bonds is 2. The van der Waals surface area contributed by atoms with E-state index in [-0.39, 0.29) is 12.2 Å². The summed E-state index contributed by atoms with van der Waals surface area (Å²) in [6.07, 6.45) is 2.54. The van der Waals surface area contributed by atoms with Gasteiger partial charge in [0.25, 0.3) is 0 Å². The zero-order valence-electron chi connectivity index (χ0n) is 10.5. The summed E-state index contributed by atoms with van der Waals surface area (Å²) in [7, 11) is 0. The quantitative estimate of drug-likeness (QED) is 0.799. The van der Waals surface area contributed by atoms with Crippen molar-refractivity contribution in [2.45, 2.75) is 32.0 Å². The van der Waals surface area contributed by atoms with Crippen LogP contribution in [-0.2, 0) is 9.57 Å². The van der Waals surface area contributed by atoms with Crippen LogP contribution >= 0.6 is 0 Å². The molecule has 3 aliphatic rings. The van der Waals surface area contributed by atoms with E-state index in [1.54, 1.807) is 0 Å². The highest BCUT2D eigenvalue weighted by Crippen LogP contribution is 2.60. The number of hydrogen-bond donors (Lipinski definition) is 0. The van der Waals surface area contributed by atoms with Gasteiger partial charge in [-0.2, -0.15) is 0 Å². The maximum Gasteiger partial charge on any atom is 0.159 e. The van der Waals surface area contributed by atoms with Crippen LogP contribution in [0.15, 0.2) is 35.5 Å². The lowest BCUT2D eigenvalue weighted by molar-refractivity contribution is -0.0474. The molecule has 1 aromatic rings. The van der Waals surface area contributed by atoms with Crippen LogP contribution in [0.1, 0.15) is 25.3 Å². The highest BCUT2D eigenvalue weighted by atomic mass is 16.7. The molecule has 0 amide bonds. The first-order valence-electron chi connectivity index (χ1n) is 6.66. The molecule has 1 aliphatic carbocycles. The Labute approximate surface area is 107 Å². The van der Waals surface area contributed by atoms with Gasteiger partial charge in [-0.1, -0.05) is 42.4 Å². The van der Waals surface area contributed by atoms with Crippen LogP contribution in [0.5, 0.6) is 0 Å². The van der Waals surface area contributed by atoms with E-state index in [2.05, 4.69) is 24.2 Å². The van der Waals surface area contributed by atoms with Gasteiger partial charge in [-0.3, -0.25) is 0 Å². The van der Waals surface area contributed by atoms with Crippen LogP contribution in [0.3, 0.4) is 0 Å². The Balaban J connectivity index is 1.47. The van der Waals surface area contributed by atoms with Gasteiger partial charge in [0.2, 0.25) is 0 Å². The second-order valence-corrected chi connectivity index (χ2v) is 5.99. The molecule has 0 aromatic heterocycles. The number of nitrogens with zero attached hydrogens (tertiary/aromatic N) is 1. The zero-order valence-corrected chi connectivity index (χ0v) is 10.5. The molecular formula is C15H17NO2. The monoisotopic (exact) mass is 243 g/mol. The van der Waals surface area contributed by atoms with E-state index in [1.165, 1.54) is 6.42 Å². The first-order chi connectivity index (χ1) is 8.76. The van der Waals surface area contributed by atoms with Crippen LogP contribution < -0.4 is 0 Å². The summed E-state index contributed by atoms with van der Waals surface area (Å²) in [6, 6.07) is 10.3. The minimum Gasteiger partial charge on any atom is -0.389 e. The molecule has 4 rings (SSSR count). The Morgan fingerprint density at radius 2 is 2.11 bits per heavy atom. The molecule has 0 bridgehead atoms. The maximum absolute atomic E-state index is 5.89. The summed E-state index contributed by atoms with van der Waals surface area (Å²) in [6.45, 7) is 3.20. The van der Waals surface area contributed by atoms with Gasteiger partial charge in [-0.05, 0) is 23.3 Å². The molecule has 2 heterocycles. The van der Waals surface area contributed by atoms with Gasteiger partial charge < -0.3 is 9.57 Å². The summed E-state index contributed by atoms with van der Waals surface area (Å²) in [5.41, 5.74) is 2.65. The van der Waals surface area contributed by atoms with E-state index < -0.39 is 0 Å². The highest BCUT2D eigenvalue weighted by molar-refractivity contribution is 6.01. The topological polar surface area (TPSA) is 30.8 Å². The zero-order chi connectivity index (χ0) is 12.2. The van der Waals surface area contributed by atoms with Crippen molar-refractivity contribution in [3.05, 3.63) is 35.9 Å². The van der Waals surface area contributed by atoms with Crippen molar-refractivity contribution >= 4 is 5.71 Å². The maximum atomic E-state index is 5.89. The van der Waals surface area contributed by atoms with E-state index in [0.29, 0.717) is 11.3 Å². The normalized spacial score (nSPS) is 41.2. The van der Waals surface area contributed by atoms with Crippen LogP contribution in [0.25, 0.3) is 0 Å². The average Bonchev–Trinajstić information content (AvgIpc) is 2.80. The second kappa shape index (κ2) is 3.58. The molecule has 18 heavy (non-hydrogen) atoms. The number of hydrogen-bond acceptors (Lipinski definition) is 3. The number of ether oxygens (including phenoxy) is 1. The van der Waals surface area contributed by atoms with E-state index in [4.69, 9.17) is 9.57 Å². The van der Waals surface area contributed by atoms with Crippen LogP contribution in [0.2, 0.25) is 0 Å². The molecule has 0 N–H and O–H groups in total. The predicted molar refractivity (Wildman–Crippen MR) is 68.4 cm³/mol. The minimum atomic E-state index is 0.120. The molecule has 2 fully saturated rings. The summed E-state index contributed by atoms with van der Waals surface area (Å²) >= 11 is 0. The number of benzene rings is 1. The minimum absolute atomic E-state index is 0.120. The van der Waals surface area contributed by atoms with Gasteiger partial charge in [0.05, 0.1) is 12.3 Å². The lowest BCUT2D eigenvalue weighted by atomic mass is 9.98. The van der Waals surface area contributed by atoms with Crippen LogP contribution in [0.4, 0.5) is 0 Å². The fourth-order valence-corrected chi connectivity index (χ4v) is 3.26. The third kappa shape index (κ3) is 1.50. The van der Waals surface area contributed by atoms with Gasteiger partial charge in [0.15, 0.2) is 6.10 Å². The van der Waals surface area contributed by atoms with Crippen molar-refractivity contribution in [2.24, 2.45) is 16.5 Å². The van der Waals surface area contributed by atoms with E-state index in [0.717, 1.165) is 24.3 Å². The molecule has 0 spiro atoms. The summed E-state index contributed by atoms with van der Waals surface area (Å²) in [5, 5.41) is 4.24. The van der Waals surface area contributed by atoms with E-state index >= 15 is 0 Å². The molecule has 0 radical (unpaired) electrons. The van der Waals surface area contributed by atoms with Crippen molar-refractivity contribution in [3.63, 3.8) is 0 Å². The Morgan fingerprint density at radius 3 is 2.78 bits per heavy atom. The molecule has 3 heteroatoms. The van der Waals surface area contributed by atoms with E-state index in [1.807, 2.05) is 18.2 Å².